The maximum Gasteiger partial charge on any atom is 0.187 e. The largest absolute Gasteiger partial charge is 0.457 e. The van der Waals surface area contributed by atoms with Crippen molar-refractivity contribution in [3.8, 4) is 11.5 Å². The highest BCUT2D eigenvalue weighted by molar-refractivity contribution is 5.35. The molecule has 2 aromatic rings. The molecule has 9 atom stereocenters. The van der Waals surface area contributed by atoms with Crippen LogP contribution in [-0.2, 0) is 14.2 Å². The third kappa shape index (κ3) is 5.41. The van der Waals surface area contributed by atoms with Crippen LogP contribution in [0.5, 0.6) is 11.5 Å². The molecule has 0 amide bonds. The van der Waals surface area contributed by atoms with Crippen molar-refractivity contribution in [1.82, 2.24) is 0 Å². The average molecular weight is 478 g/mol. The van der Waals surface area contributed by atoms with Crippen LogP contribution >= 0.6 is 0 Å². The Bertz CT molecular complexity index is 910. The van der Waals surface area contributed by atoms with Gasteiger partial charge in [0.1, 0.15) is 48.1 Å². The molecule has 10 heteroatoms. The Balaban J connectivity index is 1.51. The molecular weight excluding hydrogens is 448 g/mol. The van der Waals surface area contributed by atoms with Gasteiger partial charge in [0.2, 0.25) is 0 Å². The standard InChI is InChI=1S/C24H30O10/c25-11-16-10-17(33-24-22(30)21(29)19(27)18(12-26)34-24)20(28)23(32-16)13-5-4-8-15(9-13)31-14-6-2-1-3-7-14/h1-9,16-30H,10-12H2/t16-,17-,18+,19+,20-,21-,22-,23+,24-/m0/s1. The molecule has 2 aliphatic heterocycles. The van der Waals surface area contributed by atoms with Gasteiger partial charge < -0.3 is 49.6 Å². The molecule has 2 aromatic carbocycles. The van der Waals surface area contributed by atoms with Crippen molar-refractivity contribution < 1.29 is 49.6 Å². The van der Waals surface area contributed by atoms with Crippen molar-refractivity contribution in [2.24, 2.45) is 0 Å². The van der Waals surface area contributed by atoms with Gasteiger partial charge in [-0.1, -0.05) is 30.3 Å². The molecule has 2 saturated heterocycles. The minimum absolute atomic E-state index is 0.0867. The van der Waals surface area contributed by atoms with Crippen molar-refractivity contribution in [2.45, 2.75) is 61.5 Å². The average Bonchev–Trinajstić information content (AvgIpc) is 2.86. The van der Waals surface area contributed by atoms with E-state index in [4.69, 9.17) is 18.9 Å². The van der Waals surface area contributed by atoms with Crippen LogP contribution in [0.15, 0.2) is 54.6 Å². The van der Waals surface area contributed by atoms with Crippen LogP contribution in [0, 0.1) is 0 Å². The second-order valence-corrected chi connectivity index (χ2v) is 8.45. The molecule has 0 aromatic heterocycles. The minimum Gasteiger partial charge on any atom is -0.457 e. The number of ether oxygens (including phenoxy) is 4. The first-order chi connectivity index (χ1) is 16.4. The zero-order valence-corrected chi connectivity index (χ0v) is 18.3. The molecule has 0 spiro atoms. The summed E-state index contributed by atoms with van der Waals surface area (Å²) in [4.78, 5) is 0. The van der Waals surface area contributed by atoms with Gasteiger partial charge in [-0.25, -0.2) is 0 Å². The van der Waals surface area contributed by atoms with Crippen molar-refractivity contribution in [2.75, 3.05) is 13.2 Å². The first kappa shape index (κ1) is 25.0. The van der Waals surface area contributed by atoms with Crippen molar-refractivity contribution in [1.29, 1.82) is 0 Å². The van der Waals surface area contributed by atoms with Gasteiger partial charge in [-0.3, -0.25) is 0 Å². The fraction of sp³-hybridized carbons (Fsp3) is 0.500. The van der Waals surface area contributed by atoms with E-state index < -0.39 is 61.7 Å². The number of aliphatic hydroxyl groups is 6. The Morgan fingerprint density at radius 1 is 0.765 bits per heavy atom. The number of hydrogen-bond donors (Lipinski definition) is 6. The summed E-state index contributed by atoms with van der Waals surface area (Å²) in [5, 5.41) is 60.5. The lowest BCUT2D eigenvalue weighted by Crippen LogP contribution is -2.60. The summed E-state index contributed by atoms with van der Waals surface area (Å²) < 4.78 is 23.0. The van der Waals surface area contributed by atoms with Gasteiger partial charge >= 0.3 is 0 Å². The summed E-state index contributed by atoms with van der Waals surface area (Å²) >= 11 is 0. The molecule has 6 N–H and O–H groups in total. The fourth-order valence-corrected chi connectivity index (χ4v) is 4.20. The summed E-state index contributed by atoms with van der Waals surface area (Å²) in [6.07, 6.45) is -10.9. The van der Waals surface area contributed by atoms with Crippen LogP contribution in [-0.4, -0.2) is 92.9 Å². The fourth-order valence-electron chi connectivity index (χ4n) is 4.20. The molecule has 4 rings (SSSR count). The highest BCUT2D eigenvalue weighted by atomic mass is 16.7. The molecule has 2 heterocycles. The lowest BCUT2D eigenvalue weighted by molar-refractivity contribution is -0.329. The van der Waals surface area contributed by atoms with Gasteiger partial charge in [0.05, 0.1) is 25.4 Å². The third-order valence-electron chi connectivity index (χ3n) is 6.05. The second kappa shape index (κ2) is 11.1. The number of aliphatic hydroxyl groups excluding tert-OH is 6. The molecule has 34 heavy (non-hydrogen) atoms. The van der Waals surface area contributed by atoms with Crippen molar-refractivity contribution in [3.63, 3.8) is 0 Å². The summed E-state index contributed by atoms with van der Waals surface area (Å²) in [7, 11) is 0. The third-order valence-corrected chi connectivity index (χ3v) is 6.05. The minimum atomic E-state index is -1.61. The maximum absolute atomic E-state index is 11.1. The molecule has 0 saturated carbocycles. The molecule has 0 aliphatic carbocycles. The highest BCUT2D eigenvalue weighted by Gasteiger charge is 2.47. The number of rotatable bonds is 7. The van der Waals surface area contributed by atoms with Crippen LogP contribution in [0.25, 0.3) is 0 Å². The lowest BCUT2D eigenvalue weighted by atomic mass is 9.92. The number of benzene rings is 2. The zero-order chi connectivity index (χ0) is 24.2. The van der Waals surface area contributed by atoms with Gasteiger partial charge in [0.15, 0.2) is 6.29 Å². The SMILES string of the molecule is OC[C@@H]1C[C@H](O[C@H]2O[C@H](CO)[C@@H](O)[C@H](O)[C@@H]2O)[C@H](O)[C@@H](c2cccc(Oc3ccccc3)c2)O1. The quantitative estimate of drug-likeness (QED) is 0.316. The van der Waals surface area contributed by atoms with E-state index in [0.29, 0.717) is 17.1 Å². The Morgan fingerprint density at radius 3 is 2.21 bits per heavy atom. The summed E-state index contributed by atoms with van der Waals surface area (Å²) in [6, 6.07) is 16.2. The van der Waals surface area contributed by atoms with Crippen molar-refractivity contribution in [3.05, 3.63) is 60.2 Å². The molecule has 10 nitrogen and oxygen atoms in total. The first-order valence-corrected chi connectivity index (χ1v) is 11.1. The van der Waals surface area contributed by atoms with Crippen LogP contribution in [0.4, 0.5) is 0 Å². The van der Waals surface area contributed by atoms with Crippen LogP contribution in [0.3, 0.4) is 0 Å². The maximum atomic E-state index is 11.1. The van der Waals surface area contributed by atoms with Crippen LogP contribution < -0.4 is 4.74 Å². The summed E-state index contributed by atoms with van der Waals surface area (Å²) in [6.45, 7) is -0.935. The number of hydrogen-bond acceptors (Lipinski definition) is 10. The zero-order valence-electron chi connectivity index (χ0n) is 18.3. The van der Waals surface area contributed by atoms with E-state index >= 15 is 0 Å². The smallest absolute Gasteiger partial charge is 0.187 e. The van der Waals surface area contributed by atoms with E-state index in [1.54, 1.807) is 24.3 Å². The summed E-state index contributed by atoms with van der Waals surface area (Å²) in [5.41, 5.74) is 0.585. The predicted molar refractivity (Wildman–Crippen MR) is 117 cm³/mol. The van der Waals surface area contributed by atoms with Gasteiger partial charge in [0.25, 0.3) is 0 Å². The van der Waals surface area contributed by atoms with Gasteiger partial charge in [-0.2, -0.15) is 0 Å². The monoisotopic (exact) mass is 478 g/mol. The van der Waals surface area contributed by atoms with Crippen LogP contribution in [0.1, 0.15) is 18.1 Å². The van der Waals surface area contributed by atoms with E-state index in [1.165, 1.54) is 0 Å². The van der Waals surface area contributed by atoms with Gasteiger partial charge in [-0.05, 0) is 29.8 Å². The topological polar surface area (TPSA) is 158 Å². The Kier molecular flexibility index (Phi) is 8.14. The Hall–Kier alpha value is -2.12. The van der Waals surface area contributed by atoms with E-state index in [1.807, 2.05) is 30.3 Å². The second-order valence-electron chi connectivity index (χ2n) is 8.45. The van der Waals surface area contributed by atoms with E-state index in [-0.39, 0.29) is 13.0 Å². The van der Waals surface area contributed by atoms with Crippen molar-refractivity contribution >= 4 is 0 Å². The molecule has 2 aliphatic rings. The molecule has 0 bridgehead atoms. The Morgan fingerprint density at radius 2 is 1.50 bits per heavy atom. The molecule has 2 fully saturated rings. The molecule has 0 radical (unpaired) electrons. The molecule has 186 valence electrons. The summed E-state index contributed by atoms with van der Waals surface area (Å²) in [5.74, 6) is 1.17. The van der Waals surface area contributed by atoms with Gasteiger partial charge in [0, 0.05) is 6.42 Å². The predicted octanol–water partition coefficient (Wildman–Crippen LogP) is -0.153. The van der Waals surface area contributed by atoms with E-state index in [9.17, 15) is 30.6 Å². The van der Waals surface area contributed by atoms with Gasteiger partial charge in [-0.15, -0.1) is 0 Å². The van der Waals surface area contributed by atoms with E-state index in [2.05, 4.69) is 0 Å². The lowest BCUT2D eigenvalue weighted by Gasteiger charge is -2.44. The number of para-hydroxylation sites is 1. The normalized spacial score (nSPS) is 36.2. The van der Waals surface area contributed by atoms with Crippen LogP contribution in [0.2, 0.25) is 0 Å². The first-order valence-electron chi connectivity index (χ1n) is 11.1. The molecular formula is C24H30O10. The molecule has 0 unspecified atom stereocenters. The highest BCUT2D eigenvalue weighted by Crippen LogP contribution is 2.37. The Labute approximate surface area is 196 Å². The van der Waals surface area contributed by atoms with E-state index in [0.717, 1.165) is 0 Å².